The molecular formula is C11H15N9O. The molecule has 110 valence electrons. The van der Waals surface area contributed by atoms with Gasteiger partial charge >= 0.3 is 0 Å². The molecular weight excluding hydrogens is 274 g/mol. The number of hydrazine groups is 1. The van der Waals surface area contributed by atoms with E-state index in [1.165, 1.54) is 17.3 Å². The fraction of sp³-hybridized carbons (Fsp3) is 0.545. The van der Waals surface area contributed by atoms with E-state index in [1.54, 1.807) is 0 Å². The molecule has 2 atom stereocenters. The normalized spacial score (nSPS) is 24.3. The van der Waals surface area contributed by atoms with Gasteiger partial charge in [0.25, 0.3) is 5.95 Å². The second-order valence-electron chi connectivity index (χ2n) is 5.11. The van der Waals surface area contributed by atoms with Crippen LogP contribution < -0.4 is 16.2 Å². The van der Waals surface area contributed by atoms with Gasteiger partial charge in [0.15, 0.2) is 0 Å². The fourth-order valence-electron chi connectivity index (χ4n) is 2.75. The van der Waals surface area contributed by atoms with Crippen LogP contribution in [0.3, 0.4) is 0 Å². The highest BCUT2D eigenvalue weighted by Crippen LogP contribution is 2.28. The molecule has 10 nitrogen and oxygen atoms in total. The lowest BCUT2D eigenvalue weighted by Crippen LogP contribution is -2.43. The molecule has 0 amide bonds. The predicted molar refractivity (Wildman–Crippen MR) is 72.7 cm³/mol. The Bertz CT molecular complexity index is 619. The van der Waals surface area contributed by atoms with Crippen LogP contribution in [-0.4, -0.2) is 55.0 Å². The summed E-state index contributed by atoms with van der Waals surface area (Å²) in [5, 5.41) is 4.03. The van der Waals surface area contributed by atoms with Gasteiger partial charge in [0, 0.05) is 13.1 Å². The molecule has 2 unspecified atom stereocenters. The smallest absolute Gasteiger partial charge is 0.258 e. The summed E-state index contributed by atoms with van der Waals surface area (Å²) >= 11 is 0. The number of ether oxygens (including phenoxy) is 1. The monoisotopic (exact) mass is 289 g/mol. The summed E-state index contributed by atoms with van der Waals surface area (Å²) in [4.78, 5) is 19.0. The molecule has 3 N–H and O–H groups in total. The predicted octanol–water partition coefficient (Wildman–Crippen LogP) is -0.895. The molecule has 2 aromatic rings. The molecule has 0 saturated carbocycles. The second-order valence-corrected chi connectivity index (χ2v) is 5.11. The quantitative estimate of drug-likeness (QED) is 0.547. The van der Waals surface area contributed by atoms with Crippen LogP contribution in [-0.2, 0) is 4.74 Å². The largest absolute Gasteiger partial charge is 0.371 e. The van der Waals surface area contributed by atoms with Crippen LogP contribution in [0.4, 0.5) is 11.9 Å². The van der Waals surface area contributed by atoms with Crippen LogP contribution in [0.1, 0.15) is 12.8 Å². The SMILES string of the molecule is NNc1nc(N2CC3CCC(C2)O3)nc(-n2cncn2)n1. The number of nitrogens with one attached hydrogen (secondary N) is 1. The van der Waals surface area contributed by atoms with Gasteiger partial charge in [0.1, 0.15) is 12.7 Å². The van der Waals surface area contributed by atoms with Gasteiger partial charge < -0.3 is 9.64 Å². The van der Waals surface area contributed by atoms with Crippen molar-refractivity contribution < 1.29 is 4.74 Å². The summed E-state index contributed by atoms with van der Waals surface area (Å²) in [7, 11) is 0. The molecule has 4 heterocycles. The van der Waals surface area contributed by atoms with E-state index in [9.17, 15) is 0 Å². The summed E-state index contributed by atoms with van der Waals surface area (Å²) in [5.74, 6) is 6.69. The van der Waals surface area contributed by atoms with Gasteiger partial charge in [0.05, 0.1) is 12.2 Å². The number of hydrogen-bond donors (Lipinski definition) is 2. The summed E-state index contributed by atoms with van der Waals surface area (Å²) in [6.45, 7) is 1.56. The van der Waals surface area contributed by atoms with Crippen molar-refractivity contribution in [2.75, 3.05) is 23.4 Å². The molecule has 2 fully saturated rings. The molecule has 2 bridgehead atoms. The van der Waals surface area contributed by atoms with E-state index in [0.29, 0.717) is 17.8 Å². The maximum Gasteiger partial charge on any atom is 0.258 e. The molecule has 2 aliphatic heterocycles. The lowest BCUT2D eigenvalue weighted by molar-refractivity contribution is 0.0299. The van der Waals surface area contributed by atoms with Crippen molar-refractivity contribution in [1.29, 1.82) is 0 Å². The first-order chi connectivity index (χ1) is 10.3. The fourth-order valence-corrected chi connectivity index (χ4v) is 2.75. The first-order valence-corrected chi connectivity index (χ1v) is 6.80. The Hall–Kier alpha value is -2.33. The minimum atomic E-state index is 0.254. The van der Waals surface area contributed by atoms with E-state index in [2.05, 4.69) is 35.4 Å². The third-order valence-corrected chi connectivity index (χ3v) is 3.69. The van der Waals surface area contributed by atoms with E-state index in [4.69, 9.17) is 10.6 Å². The lowest BCUT2D eigenvalue weighted by atomic mass is 10.2. The van der Waals surface area contributed by atoms with Crippen LogP contribution >= 0.6 is 0 Å². The van der Waals surface area contributed by atoms with Crippen LogP contribution in [0.25, 0.3) is 5.95 Å². The molecule has 0 aliphatic carbocycles. The number of nitrogens with two attached hydrogens (primary N) is 1. The van der Waals surface area contributed by atoms with E-state index in [-0.39, 0.29) is 12.2 Å². The first kappa shape index (κ1) is 12.4. The Labute approximate surface area is 120 Å². The zero-order valence-electron chi connectivity index (χ0n) is 11.3. The van der Waals surface area contributed by atoms with Crippen molar-refractivity contribution in [3.05, 3.63) is 12.7 Å². The number of fused-ring (bicyclic) bond motifs is 2. The lowest BCUT2D eigenvalue weighted by Gasteiger charge is -2.32. The van der Waals surface area contributed by atoms with Crippen molar-refractivity contribution >= 4 is 11.9 Å². The molecule has 4 rings (SSSR count). The highest BCUT2D eigenvalue weighted by molar-refractivity contribution is 5.40. The van der Waals surface area contributed by atoms with Crippen molar-refractivity contribution in [3.8, 4) is 5.95 Å². The van der Waals surface area contributed by atoms with Crippen molar-refractivity contribution in [2.45, 2.75) is 25.0 Å². The Morgan fingerprint density at radius 1 is 1.14 bits per heavy atom. The van der Waals surface area contributed by atoms with Gasteiger partial charge in [0.2, 0.25) is 11.9 Å². The van der Waals surface area contributed by atoms with E-state index in [0.717, 1.165) is 25.9 Å². The van der Waals surface area contributed by atoms with Crippen LogP contribution in [0.2, 0.25) is 0 Å². The molecule has 2 saturated heterocycles. The first-order valence-electron chi connectivity index (χ1n) is 6.80. The summed E-state index contributed by atoms with van der Waals surface area (Å²) < 4.78 is 7.30. The zero-order valence-corrected chi connectivity index (χ0v) is 11.3. The van der Waals surface area contributed by atoms with Gasteiger partial charge in [-0.2, -0.15) is 24.7 Å². The van der Waals surface area contributed by atoms with Crippen LogP contribution in [0, 0.1) is 0 Å². The van der Waals surface area contributed by atoms with E-state index >= 15 is 0 Å². The Morgan fingerprint density at radius 2 is 1.90 bits per heavy atom. The highest BCUT2D eigenvalue weighted by Gasteiger charge is 2.35. The molecule has 2 aromatic heterocycles. The molecule has 21 heavy (non-hydrogen) atoms. The molecule has 10 heteroatoms. The number of morpholine rings is 1. The third kappa shape index (κ3) is 2.28. The third-order valence-electron chi connectivity index (χ3n) is 3.69. The Morgan fingerprint density at radius 3 is 2.57 bits per heavy atom. The van der Waals surface area contributed by atoms with Crippen molar-refractivity contribution in [1.82, 2.24) is 29.7 Å². The van der Waals surface area contributed by atoms with Gasteiger partial charge in [-0.1, -0.05) is 0 Å². The minimum absolute atomic E-state index is 0.254. The zero-order chi connectivity index (χ0) is 14.2. The van der Waals surface area contributed by atoms with Gasteiger partial charge in [-0.15, -0.1) is 0 Å². The van der Waals surface area contributed by atoms with E-state index in [1.807, 2.05) is 0 Å². The summed E-state index contributed by atoms with van der Waals surface area (Å²) in [6.07, 6.45) is 5.64. The van der Waals surface area contributed by atoms with Crippen LogP contribution in [0.5, 0.6) is 0 Å². The Balaban J connectivity index is 1.69. The topological polar surface area (TPSA) is 120 Å². The molecule has 0 radical (unpaired) electrons. The molecule has 0 spiro atoms. The van der Waals surface area contributed by atoms with E-state index < -0.39 is 0 Å². The van der Waals surface area contributed by atoms with Crippen LogP contribution in [0.15, 0.2) is 12.7 Å². The Kier molecular flexibility index (Phi) is 2.89. The highest BCUT2D eigenvalue weighted by atomic mass is 16.5. The molecule has 2 aliphatic rings. The average Bonchev–Trinajstić information content (AvgIpc) is 3.16. The number of aromatic nitrogens is 6. The van der Waals surface area contributed by atoms with Crippen molar-refractivity contribution in [2.24, 2.45) is 5.84 Å². The second kappa shape index (κ2) is 4.90. The summed E-state index contributed by atoms with van der Waals surface area (Å²) in [6, 6.07) is 0. The average molecular weight is 289 g/mol. The van der Waals surface area contributed by atoms with Gasteiger partial charge in [-0.25, -0.2) is 10.8 Å². The van der Waals surface area contributed by atoms with Gasteiger partial charge in [-0.05, 0) is 12.8 Å². The maximum absolute atomic E-state index is 5.83. The molecule has 0 aromatic carbocycles. The van der Waals surface area contributed by atoms with Gasteiger partial charge in [-0.3, -0.25) is 5.43 Å². The maximum atomic E-state index is 5.83. The number of rotatable bonds is 3. The minimum Gasteiger partial charge on any atom is -0.371 e. The number of anilines is 2. The van der Waals surface area contributed by atoms with Crippen molar-refractivity contribution in [3.63, 3.8) is 0 Å². The standard InChI is InChI=1S/C11H15N9O/c12-18-9-15-10(17-11(16-9)20-6-13-5-14-20)19-3-7-1-2-8(4-19)21-7/h5-8H,1-4,12H2,(H,15,16,17,18). The number of nitrogens with zero attached hydrogens (tertiary/aromatic N) is 7. The number of nitrogen functional groups attached to an aromatic ring is 1. The summed E-state index contributed by atoms with van der Waals surface area (Å²) in [5.41, 5.74) is 2.47. The number of hydrogen-bond acceptors (Lipinski definition) is 9.